The lowest BCUT2D eigenvalue weighted by atomic mass is 10.1. The second-order valence-electron chi connectivity index (χ2n) is 5.09. The first-order valence-electron chi connectivity index (χ1n) is 7.09. The van der Waals surface area contributed by atoms with E-state index in [1.165, 1.54) is 22.6 Å². The molecule has 0 bridgehead atoms. The van der Waals surface area contributed by atoms with Gasteiger partial charge in [-0.05, 0) is 19.3 Å². The van der Waals surface area contributed by atoms with E-state index in [4.69, 9.17) is 9.84 Å². The first kappa shape index (κ1) is 13.2. The number of hydrogen-bond acceptors (Lipinski definition) is 5. The van der Waals surface area contributed by atoms with Crippen LogP contribution in [0.15, 0.2) is 35.7 Å². The fraction of sp³-hybridized carbons (Fsp3) is 0.188. The molecule has 1 aromatic carbocycles. The first-order valence-corrected chi connectivity index (χ1v) is 7.97. The van der Waals surface area contributed by atoms with Gasteiger partial charge >= 0.3 is 0 Å². The number of aromatic nitrogens is 3. The molecule has 1 aliphatic carbocycles. The van der Waals surface area contributed by atoms with E-state index in [0.29, 0.717) is 12.4 Å². The highest BCUT2D eigenvalue weighted by Gasteiger charge is 2.25. The third kappa shape index (κ3) is 2.12. The summed E-state index contributed by atoms with van der Waals surface area (Å²) in [6.45, 7) is 0.391. The highest BCUT2D eigenvalue weighted by atomic mass is 32.1. The van der Waals surface area contributed by atoms with E-state index >= 15 is 0 Å². The minimum Gasteiger partial charge on any atom is -0.409 e. The number of carbonyl (C=O) groups excluding carboxylic acids is 1. The van der Waals surface area contributed by atoms with Crippen LogP contribution in [0.5, 0.6) is 5.88 Å². The lowest BCUT2D eigenvalue weighted by Gasteiger charge is -2.00. The molecule has 0 unspecified atom stereocenters. The molecular weight excluding hydrogens is 298 g/mol. The summed E-state index contributed by atoms with van der Waals surface area (Å²) in [4.78, 5) is 14.7. The fourth-order valence-corrected chi connectivity index (χ4v) is 3.58. The van der Waals surface area contributed by atoms with Crippen LogP contribution in [-0.2, 0) is 17.6 Å². The molecule has 6 heteroatoms. The third-order valence-electron chi connectivity index (χ3n) is 3.80. The van der Waals surface area contributed by atoms with Crippen molar-refractivity contribution in [2.45, 2.75) is 19.3 Å². The minimum absolute atomic E-state index is 0.318. The zero-order valence-electron chi connectivity index (χ0n) is 11.7. The first-order chi connectivity index (χ1) is 10.9. The maximum Gasteiger partial charge on any atom is 0.299 e. The third-order valence-corrected chi connectivity index (χ3v) is 4.59. The Balaban J connectivity index is 1.82. The summed E-state index contributed by atoms with van der Waals surface area (Å²) in [5.74, 6) is 0.318. The van der Waals surface area contributed by atoms with E-state index in [1.807, 2.05) is 22.9 Å². The van der Waals surface area contributed by atoms with Crippen molar-refractivity contribution in [1.29, 1.82) is 0 Å². The van der Waals surface area contributed by atoms with Crippen molar-refractivity contribution in [2.24, 2.45) is 0 Å². The van der Waals surface area contributed by atoms with Crippen LogP contribution in [0.1, 0.15) is 17.7 Å². The van der Waals surface area contributed by atoms with Gasteiger partial charge in [-0.25, -0.2) is 4.68 Å². The molecule has 0 spiro atoms. The van der Waals surface area contributed by atoms with Gasteiger partial charge in [0.15, 0.2) is 0 Å². The van der Waals surface area contributed by atoms with E-state index in [2.05, 4.69) is 17.1 Å². The fourth-order valence-electron chi connectivity index (χ4n) is 2.87. The van der Waals surface area contributed by atoms with Gasteiger partial charge in [0.05, 0.1) is 16.8 Å². The molecule has 0 aliphatic heterocycles. The Morgan fingerprint density at radius 1 is 1.23 bits per heavy atom. The quantitative estimate of drug-likeness (QED) is 0.695. The smallest absolute Gasteiger partial charge is 0.299 e. The van der Waals surface area contributed by atoms with Crippen LogP contribution >= 0.6 is 11.3 Å². The number of carbonyl (C=O) groups is 1. The van der Waals surface area contributed by atoms with Crippen LogP contribution in [-0.4, -0.2) is 21.2 Å². The Kier molecular flexibility index (Phi) is 3.23. The highest BCUT2D eigenvalue weighted by molar-refractivity contribution is 7.12. The SMILES string of the molecule is O=COc1csc(-n2nc(-c3ccccc3)c3c2CCC3)n1. The summed E-state index contributed by atoms with van der Waals surface area (Å²) in [5.41, 5.74) is 4.67. The van der Waals surface area contributed by atoms with E-state index in [1.54, 1.807) is 5.38 Å². The van der Waals surface area contributed by atoms with Gasteiger partial charge < -0.3 is 4.74 Å². The minimum atomic E-state index is 0.318. The van der Waals surface area contributed by atoms with Gasteiger partial charge in [0.25, 0.3) is 6.47 Å². The van der Waals surface area contributed by atoms with Gasteiger partial charge in [-0.1, -0.05) is 41.7 Å². The number of thiazole rings is 1. The largest absolute Gasteiger partial charge is 0.409 e. The van der Waals surface area contributed by atoms with Crippen molar-refractivity contribution in [3.63, 3.8) is 0 Å². The Labute approximate surface area is 131 Å². The zero-order chi connectivity index (χ0) is 14.9. The molecule has 2 aromatic heterocycles. The maximum absolute atomic E-state index is 10.4. The van der Waals surface area contributed by atoms with Gasteiger partial charge in [0, 0.05) is 11.1 Å². The Morgan fingerprint density at radius 3 is 2.91 bits per heavy atom. The summed E-state index contributed by atoms with van der Waals surface area (Å²) < 4.78 is 6.69. The van der Waals surface area contributed by atoms with Crippen LogP contribution in [0, 0.1) is 0 Å². The Hall–Kier alpha value is -2.47. The van der Waals surface area contributed by atoms with Crippen LogP contribution < -0.4 is 4.74 Å². The second kappa shape index (κ2) is 5.38. The van der Waals surface area contributed by atoms with Crippen LogP contribution in [0.3, 0.4) is 0 Å². The van der Waals surface area contributed by atoms with Crippen LogP contribution in [0.4, 0.5) is 0 Å². The van der Waals surface area contributed by atoms with E-state index in [0.717, 1.165) is 35.7 Å². The van der Waals surface area contributed by atoms with E-state index in [-0.39, 0.29) is 0 Å². The number of hydrogen-bond donors (Lipinski definition) is 0. The molecule has 2 heterocycles. The summed E-state index contributed by atoms with van der Waals surface area (Å²) in [6.07, 6.45) is 3.18. The zero-order valence-corrected chi connectivity index (χ0v) is 12.5. The highest BCUT2D eigenvalue weighted by Crippen LogP contribution is 2.34. The predicted octanol–water partition coefficient (Wildman–Crippen LogP) is 3.02. The molecule has 0 amide bonds. The molecule has 3 aromatic rings. The van der Waals surface area contributed by atoms with Crippen molar-refractivity contribution in [1.82, 2.24) is 14.8 Å². The molecule has 0 radical (unpaired) electrons. The topological polar surface area (TPSA) is 57.0 Å². The van der Waals surface area contributed by atoms with Crippen LogP contribution in [0.2, 0.25) is 0 Å². The summed E-state index contributed by atoms with van der Waals surface area (Å²) in [5, 5.41) is 7.22. The monoisotopic (exact) mass is 311 g/mol. The summed E-state index contributed by atoms with van der Waals surface area (Å²) >= 11 is 1.42. The number of benzene rings is 1. The molecule has 22 heavy (non-hydrogen) atoms. The molecule has 0 saturated carbocycles. The van der Waals surface area contributed by atoms with Gasteiger partial charge in [-0.3, -0.25) is 4.79 Å². The molecule has 0 saturated heterocycles. The second-order valence-corrected chi connectivity index (χ2v) is 5.92. The van der Waals surface area contributed by atoms with Crippen molar-refractivity contribution < 1.29 is 9.53 Å². The summed E-state index contributed by atoms with van der Waals surface area (Å²) in [6, 6.07) is 10.2. The molecule has 0 N–H and O–H groups in total. The normalized spacial score (nSPS) is 13.1. The average Bonchev–Trinajstić information content (AvgIpc) is 3.24. The van der Waals surface area contributed by atoms with Gasteiger partial charge in [-0.2, -0.15) is 10.1 Å². The average molecular weight is 311 g/mol. The van der Waals surface area contributed by atoms with Crippen molar-refractivity contribution in [2.75, 3.05) is 0 Å². The van der Waals surface area contributed by atoms with Gasteiger partial charge in [0.2, 0.25) is 11.0 Å². The lowest BCUT2D eigenvalue weighted by molar-refractivity contribution is -0.120. The Bertz CT molecular complexity index is 823. The number of ether oxygens (including phenoxy) is 1. The lowest BCUT2D eigenvalue weighted by Crippen LogP contribution is -2.01. The molecular formula is C16H13N3O2S. The molecule has 110 valence electrons. The van der Waals surface area contributed by atoms with Gasteiger partial charge in [-0.15, -0.1) is 0 Å². The molecule has 4 rings (SSSR count). The van der Waals surface area contributed by atoms with E-state index < -0.39 is 0 Å². The van der Waals surface area contributed by atoms with Crippen molar-refractivity contribution >= 4 is 17.8 Å². The Morgan fingerprint density at radius 2 is 2.09 bits per heavy atom. The molecule has 0 fully saturated rings. The number of nitrogens with zero attached hydrogens (tertiary/aromatic N) is 3. The van der Waals surface area contributed by atoms with Crippen molar-refractivity contribution in [3.05, 3.63) is 47.0 Å². The standard InChI is InChI=1S/C16H13N3O2S/c20-10-21-14-9-22-16(17-14)19-13-8-4-7-12(13)15(18-19)11-5-2-1-3-6-11/h1-3,5-6,9-10H,4,7-8H2. The van der Waals surface area contributed by atoms with E-state index in [9.17, 15) is 4.79 Å². The molecule has 1 aliphatic rings. The van der Waals surface area contributed by atoms with Gasteiger partial charge in [0.1, 0.15) is 0 Å². The van der Waals surface area contributed by atoms with Crippen LogP contribution in [0.25, 0.3) is 16.4 Å². The maximum atomic E-state index is 10.4. The molecule has 5 nitrogen and oxygen atoms in total. The predicted molar refractivity (Wildman–Crippen MR) is 83.4 cm³/mol. The summed E-state index contributed by atoms with van der Waals surface area (Å²) in [7, 11) is 0. The molecule has 0 atom stereocenters. The van der Waals surface area contributed by atoms with Crippen molar-refractivity contribution in [3.8, 4) is 22.3 Å². The number of fused-ring (bicyclic) bond motifs is 1. The number of rotatable bonds is 4.